The van der Waals surface area contributed by atoms with E-state index in [1.54, 1.807) is 0 Å². The zero-order valence-electron chi connectivity index (χ0n) is 10.6. The van der Waals surface area contributed by atoms with Crippen LogP contribution in [0.4, 0.5) is 0 Å². The third kappa shape index (κ3) is 1.30. The Labute approximate surface area is 101 Å². The SMILES string of the molecule is CC[n+]1c(C)ccc2c1c1ccccc1n2C. The molecule has 86 valence electrons. The minimum atomic E-state index is 1.01. The minimum absolute atomic E-state index is 1.01. The van der Waals surface area contributed by atoms with Crippen molar-refractivity contribution in [2.45, 2.75) is 20.4 Å². The highest BCUT2D eigenvalue weighted by Crippen LogP contribution is 2.25. The van der Waals surface area contributed by atoms with E-state index < -0.39 is 0 Å². The lowest BCUT2D eigenvalue weighted by Crippen LogP contribution is -2.36. The van der Waals surface area contributed by atoms with Gasteiger partial charge in [-0.1, -0.05) is 12.1 Å². The van der Waals surface area contributed by atoms with Crippen LogP contribution in [0.5, 0.6) is 0 Å². The van der Waals surface area contributed by atoms with Gasteiger partial charge in [-0.25, -0.2) is 0 Å². The van der Waals surface area contributed by atoms with Crippen LogP contribution in [0.2, 0.25) is 0 Å². The van der Waals surface area contributed by atoms with E-state index in [4.69, 9.17) is 0 Å². The van der Waals surface area contributed by atoms with Crippen molar-refractivity contribution >= 4 is 21.9 Å². The molecule has 0 unspecified atom stereocenters. The molecule has 2 aromatic heterocycles. The van der Waals surface area contributed by atoms with Gasteiger partial charge in [-0.15, -0.1) is 0 Å². The van der Waals surface area contributed by atoms with Gasteiger partial charge in [0, 0.05) is 20.0 Å². The molecule has 0 aliphatic rings. The van der Waals surface area contributed by atoms with Gasteiger partial charge in [-0.3, -0.25) is 0 Å². The Morgan fingerprint density at radius 2 is 1.82 bits per heavy atom. The molecule has 2 heteroatoms. The Kier molecular flexibility index (Phi) is 2.18. The van der Waals surface area contributed by atoms with Gasteiger partial charge in [0.05, 0.1) is 10.9 Å². The van der Waals surface area contributed by atoms with Gasteiger partial charge in [-0.2, -0.15) is 4.57 Å². The second kappa shape index (κ2) is 3.59. The molecule has 2 nitrogen and oxygen atoms in total. The number of para-hydroxylation sites is 1. The molecular formula is C15H17N2+. The molecular weight excluding hydrogens is 208 g/mol. The maximum Gasteiger partial charge on any atom is 0.238 e. The molecule has 17 heavy (non-hydrogen) atoms. The van der Waals surface area contributed by atoms with Gasteiger partial charge in [0.25, 0.3) is 0 Å². The van der Waals surface area contributed by atoms with Gasteiger partial charge >= 0.3 is 0 Å². The number of hydrogen-bond donors (Lipinski definition) is 0. The summed E-state index contributed by atoms with van der Waals surface area (Å²) in [6, 6.07) is 13.0. The molecule has 0 aliphatic carbocycles. The predicted octanol–water partition coefficient (Wildman–Crippen LogP) is 2.95. The van der Waals surface area contributed by atoms with Crippen molar-refractivity contribution in [2.75, 3.05) is 0 Å². The number of benzene rings is 1. The fourth-order valence-corrected chi connectivity index (χ4v) is 2.74. The van der Waals surface area contributed by atoms with Crippen LogP contribution in [0.3, 0.4) is 0 Å². The van der Waals surface area contributed by atoms with Crippen molar-refractivity contribution in [3.63, 3.8) is 0 Å². The third-order valence-corrected chi connectivity index (χ3v) is 3.62. The summed E-state index contributed by atoms with van der Waals surface area (Å²) in [4.78, 5) is 0. The number of nitrogens with zero attached hydrogens (tertiary/aromatic N) is 2. The van der Waals surface area contributed by atoms with Crippen LogP contribution in [-0.4, -0.2) is 4.57 Å². The molecule has 2 heterocycles. The van der Waals surface area contributed by atoms with Crippen LogP contribution in [0.25, 0.3) is 21.9 Å². The second-order valence-corrected chi connectivity index (χ2v) is 4.53. The Morgan fingerprint density at radius 1 is 1.06 bits per heavy atom. The first-order chi connectivity index (χ1) is 8.24. The molecule has 3 aromatic rings. The van der Waals surface area contributed by atoms with Crippen LogP contribution in [-0.2, 0) is 13.6 Å². The van der Waals surface area contributed by atoms with Crippen molar-refractivity contribution in [1.82, 2.24) is 4.57 Å². The van der Waals surface area contributed by atoms with Crippen molar-refractivity contribution in [2.24, 2.45) is 7.05 Å². The molecule has 0 saturated carbocycles. The topological polar surface area (TPSA) is 8.81 Å². The summed E-state index contributed by atoms with van der Waals surface area (Å²) < 4.78 is 4.66. The van der Waals surface area contributed by atoms with Crippen molar-refractivity contribution < 1.29 is 4.57 Å². The summed E-state index contributed by atoms with van der Waals surface area (Å²) in [5, 5.41) is 1.34. The minimum Gasteiger partial charge on any atom is -0.338 e. The van der Waals surface area contributed by atoms with Gasteiger partial charge in [-0.05, 0) is 25.1 Å². The lowest BCUT2D eigenvalue weighted by Gasteiger charge is -2.00. The Balaban J connectivity index is 2.63. The number of pyridine rings is 1. The molecule has 0 atom stereocenters. The zero-order chi connectivity index (χ0) is 12.0. The van der Waals surface area contributed by atoms with E-state index in [0.29, 0.717) is 0 Å². The fraction of sp³-hybridized carbons (Fsp3) is 0.267. The highest BCUT2D eigenvalue weighted by atomic mass is 15.0. The van der Waals surface area contributed by atoms with E-state index in [0.717, 1.165) is 6.54 Å². The maximum absolute atomic E-state index is 2.39. The molecule has 0 bridgehead atoms. The summed E-state index contributed by atoms with van der Waals surface area (Å²) in [7, 11) is 2.14. The Morgan fingerprint density at radius 3 is 2.59 bits per heavy atom. The molecule has 0 aliphatic heterocycles. The van der Waals surface area contributed by atoms with E-state index in [2.05, 4.69) is 66.4 Å². The summed E-state index contributed by atoms with van der Waals surface area (Å²) in [6.07, 6.45) is 0. The third-order valence-electron chi connectivity index (χ3n) is 3.62. The average molecular weight is 225 g/mol. The highest BCUT2D eigenvalue weighted by molar-refractivity contribution is 6.03. The van der Waals surface area contributed by atoms with E-state index in [-0.39, 0.29) is 0 Å². The van der Waals surface area contributed by atoms with Gasteiger partial charge in [0.1, 0.15) is 12.1 Å². The maximum atomic E-state index is 2.39. The van der Waals surface area contributed by atoms with E-state index in [1.165, 1.54) is 27.6 Å². The molecule has 0 amide bonds. The summed E-state index contributed by atoms with van der Waals surface area (Å²) in [6.45, 7) is 5.39. The number of rotatable bonds is 1. The molecule has 0 spiro atoms. The Bertz CT molecular complexity index is 708. The molecule has 0 fully saturated rings. The van der Waals surface area contributed by atoms with Gasteiger partial charge in [0.2, 0.25) is 5.52 Å². The highest BCUT2D eigenvalue weighted by Gasteiger charge is 2.18. The molecule has 3 rings (SSSR count). The lowest BCUT2D eigenvalue weighted by molar-refractivity contribution is -0.673. The first kappa shape index (κ1) is 10.3. The van der Waals surface area contributed by atoms with E-state index in [1.807, 2.05) is 0 Å². The first-order valence-corrected chi connectivity index (χ1v) is 6.10. The number of fused-ring (bicyclic) bond motifs is 3. The van der Waals surface area contributed by atoms with E-state index in [9.17, 15) is 0 Å². The summed E-state index contributed by atoms with van der Waals surface area (Å²) in [5.41, 5.74) is 5.27. The zero-order valence-corrected chi connectivity index (χ0v) is 10.6. The fourth-order valence-electron chi connectivity index (χ4n) is 2.74. The van der Waals surface area contributed by atoms with Crippen LogP contribution in [0.1, 0.15) is 12.6 Å². The molecule has 0 saturated heterocycles. The van der Waals surface area contributed by atoms with Crippen LogP contribution in [0, 0.1) is 6.92 Å². The number of aryl methyl sites for hydroxylation is 3. The predicted molar refractivity (Wildman–Crippen MR) is 71.0 cm³/mol. The monoisotopic (exact) mass is 225 g/mol. The lowest BCUT2D eigenvalue weighted by atomic mass is 10.2. The molecule has 0 N–H and O–H groups in total. The summed E-state index contributed by atoms with van der Waals surface area (Å²) in [5.74, 6) is 0. The van der Waals surface area contributed by atoms with Crippen molar-refractivity contribution in [3.05, 3.63) is 42.1 Å². The Hall–Kier alpha value is -1.83. The number of aromatic nitrogens is 2. The summed E-state index contributed by atoms with van der Waals surface area (Å²) >= 11 is 0. The number of hydrogen-bond acceptors (Lipinski definition) is 0. The van der Waals surface area contributed by atoms with Crippen molar-refractivity contribution in [3.8, 4) is 0 Å². The molecule has 0 radical (unpaired) electrons. The standard InChI is InChI=1S/C15H17N2/c1-4-17-11(2)9-10-14-15(17)12-7-5-6-8-13(12)16(14)3/h5-10H,4H2,1-3H3/q+1. The average Bonchev–Trinajstić information content (AvgIpc) is 2.64. The van der Waals surface area contributed by atoms with Crippen LogP contribution in [0.15, 0.2) is 36.4 Å². The van der Waals surface area contributed by atoms with Crippen molar-refractivity contribution in [1.29, 1.82) is 0 Å². The smallest absolute Gasteiger partial charge is 0.238 e. The van der Waals surface area contributed by atoms with Crippen LogP contribution < -0.4 is 4.57 Å². The largest absolute Gasteiger partial charge is 0.338 e. The normalized spacial score (nSPS) is 11.5. The molecule has 1 aromatic carbocycles. The quantitative estimate of drug-likeness (QED) is 0.563. The first-order valence-electron chi connectivity index (χ1n) is 6.10. The van der Waals surface area contributed by atoms with Gasteiger partial charge < -0.3 is 4.57 Å². The van der Waals surface area contributed by atoms with E-state index >= 15 is 0 Å². The van der Waals surface area contributed by atoms with Gasteiger partial charge in [0.15, 0.2) is 5.69 Å². The van der Waals surface area contributed by atoms with Crippen LogP contribution >= 0.6 is 0 Å². The second-order valence-electron chi connectivity index (χ2n) is 4.53.